The highest BCUT2D eigenvalue weighted by molar-refractivity contribution is 7.99. The topological polar surface area (TPSA) is 47.9 Å². The molecule has 0 amide bonds. The summed E-state index contributed by atoms with van der Waals surface area (Å²) in [6.45, 7) is 21.6. The van der Waals surface area contributed by atoms with Gasteiger partial charge in [0.05, 0.1) is 18.3 Å². The number of hydrogen-bond acceptors (Lipinski definition) is 5. The number of rotatable bonds is 9. The summed E-state index contributed by atoms with van der Waals surface area (Å²) in [6, 6.07) is 10.5. The second kappa shape index (κ2) is 11.5. The first kappa shape index (κ1) is 29.4. The van der Waals surface area contributed by atoms with Crippen LogP contribution in [-0.2, 0) is 13.9 Å². The molecule has 1 aromatic rings. The fraction of sp³-hybridized carbons (Fsp3) is 0.714. The third kappa shape index (κ3) is 8.69. The molecule has 1 saturated heterocycles. The lowest BCUT2D eigenvalue weighted by atomic mass is 9.89. The second-order valence-corrected chi connectivity index (χ2v) is 17.9. The molecule has 1 aliphatic heterocycles. The van der Waals surface area contributed by atoms with Gasteiger partial charge < -0.3 is 19.0 Å². The molecule has 4 nitrogen and oxygen atoms in total. The van der Waals surface area contributed by atoms with Gasteiger partial charge in [-0.15, -0.1) is 11.8 Å². The Kier molecular flexibility index (Phi) is 9.95. The summed E-state index contributed by atoms with van der Waals surface area (Å²) >= 11 is 1.84. The summed E-state index contributed by atoms with van der Waals surface area (Å²) in [7, 11) is -2.03. The molecule has 4 atom stereocenters. The van der Waals surface area contributed by atoms with E-state index >= 15 is 0 Å². The molecule has 2 rings (SSSR count). The van der Waals surface area contributed by atoms with E-state index in [9.17, 15) is 5.11 Å². The Morgan fingerprint density at radius 1 is 1.12 bits per heavy atom. The molecule has 34 heavy (non-hydrogen) atoms. The van der Waals surface area contributed by atoms with Crippen LogP contribution in [0.15, 0.2) is 35.2 Å². The molecule has 0 bridgehead atoms. The lowest BCUT2D eigenvalue weighted by Crippen LogP contribution is -2.48. The van der Waals surface area contributed by atoms with E-state index < -0.39 is 20.2 Å². The van der Waals surface area contributed by atoms with Gasteiger partial charge in [-0.25, -0.2) is 0 Å². The zero-order valence-corrected chi connectivity index (χ0v) is 24.7. The van der Waals surface area contributed by atoms with Gasteiger partial charge in [-0.2, -0.15) is 0 Å². The van der Waals surface area contributed by atoms with Gasteiger partial charge in [0.25, 0.3) is 0 Å². The van der Waals surface area contributed by atoms with Crippen molar-refractivity contribution in [3.63, 3.8) is 0 Å². The first-order valence-electron chi connectivity index (χ1n) is 12.4. The Bertz CT molecular complexity index is 835. The molecular formula is C28H46O4SSi. The largest absolute Gasteiger partial charge is 0.403 e. The van der Waals surface area contributed by atoms with Crippen LogP contribution in [0.25, 0.3) is 0 Å². The van der Waals surface area contributed by atoms with E-state index in [-0.39, 0.29) is 28.8 Å². The molecule has 0 spiro atoms. The van der Waals surface area contributed by atoms with Crippen molar-refractivity contribution in [3.05, 3.63) is 30.3 Å². The molecule has 1 N–H and O–H groups in total. The first-order valence-corrected chi connectivity index (χ1v) is 16.3. The van der Waals surface area contributed by atoms with Crippen molar-refractivity contribution >= 4 is 20.1 Å². The van der Waals surface area contributed by atoms with Gasteiger partial charge >= 0.3 is 0 Å². The predicted molar refractivity (Wildman–Crippen MR) is 146 cm³/mol. The standard InChI is InChI=1S/C28H46O4SSi/c1-21-24(31-28(7,8)30-21)19-22(29)15-14-18-25(32-34(9,10)26(2,3)4)27(5,6)20-33-23-16-12-11-13-17-23/h11-13,16-17,21-22,24-25,29H,15,19-20H2,1-10H3/t21-,22+,24-,25-/m1/s1. The third-order valence-corrected chi connectivity index (χ3v) is 12.7. The highest BCUT2D eigenvalue weighted by Crippen LogP contribution is 2.41. The molecule has 1 fully saturated rings. The van der Waals surface area contributed by atoms with E-state index in [2.05, 4.69) is 83.8 Å². The van der Waals surface area contributed by atoms with Crippen LogP contribution in [0.1, 0.15) is 68.2 Å². The number of aliphatic hydroxyl groups excluding tert-OH is 1. The number of benzene rings is 1. The summed E-state index contributed by atoms with van der Waals surface area (Å²) in [4.78, 5) is 1.25. The van der Waals surface area contributed by atoms with Gasteiger partial charge in [0, 0.05) is 28.9 Å². The lowest BCUT2D eigenvalue weighted by Gasteiger charge is -2.42. The summed E-state index contributed by atoms with van der Waals surface area (Å²) in [5.41, 5.74) is -0.158. The summed E-state index contributed by atoms with van der Waals surface area (Å²) in [5, 5.41) is 10.7. The maximum Gasteiger partial charge on any atom is 0.193 e. The van der Waals surface area contributed by atoms with Crippen LogP contribution in [0, 0.1) is 17.3 Å². The molecule has 0 aliphatic carbocycles. The molecule has 1 aliphatic rings. The second-order valence-electron chi connectivity index (χ2n) is 12.1. The van der Waals surface area contributed by atoms with Gasteiger partial charge in [0.1, 0.15) is 6.10 Å². The Balaban J connectivity index is 2.11. The molecule has 6 heteroatoms. The number of ether oxygens (including phenoxy) is 2. The molecule has 1 aromatic carbocycles. The SMILES string of the molecule is C[C@H]1OC(C)(C)O[C@@H]1C[C@@H](O)CC#C[C@@H](O[Si](C)(C)C(C)(C)C)C(C)(C)CSc1ccccc1. The number of aliphatic hydroxyl groups is 1. The van der Waals surface area contributed by atoms with E-state index in [4.69, 9.17) is 13.9 Å². The molecule has 0 saturated carbocycles. The summed E-state index contributed by atoms with van der Waals surface area (Å²) in [5.74, 6) is 6.99. The summed E-state index contributed by atoms with van der Waals surface area (Å²) < 4.78 is 18.6. The first-order chi connectivity index (χ1) is 15.5. The number of thioether (sulfide) groups is 1. The van der Waals surface area contributed by atoms with Crippen molar-refractivity contribution in [2.24, 2.45) is 5.41 Å². The zero-order chi connectivity index (χ0) is 25.8. The minimum Gasteiger partial charge on any atom is -0.403 e. The minimum atomic E-state index is -2.03. The smallest absolute Gasteiger partial charge is 0.193 e. The van der Waals surface area contributed by atoms with Crippen LogP contribution >= 0.6 is 11.8 Å². The Hall–Kier alpha value is -0.813. The highest BCUT2D eigenvalue weighted by Gasteiger charge is 2.43. The minimum absolute atomic E-state index is 0.0405. The fourth-order valence-electron chi connectivity index (χ4n) is 3.59. The quantitative estimate of drug-likeness (QED) is 0.225. The van der Waals surface area contributed by atoms with Gasteiger partial charge in [0.15, 0.2) is 14.1 Å². The van der Waals surface area contributed by atoms with Gasteiger partial charge in [-0.05, 0) is 51.0 Å². The monoisotopic (exact) mass is 506 g/mol. The molecular weight excluding hydrogens is 460 g/mol. The average molecular weight is 507 g/mol. The van der Waals surface area contributed by atoms with E-state index in [1.807, 2.05) is 38.6 Å². The van der Waals surface area contributed by atoms with Crippen LogP contribution in [0.4, 0.5) is 0 Å². The molecule has 192 valence electrons. The van der Waals surface area contributed by atoms with Crippen LogP contribution < -0.4 is 0 Å². The fourth-order valence-corrected chi connectivity index (χ4v) is 5.95. The predicted octanol–water partition coefficient (Wildman–Crippen LogP) is 6.88. The van der Waals surface area contributed by atoms with E-state index in [0.29, 0.717) is 12.8 Å². The average Bonchev–Trinajstić information content (AvgIpc) is 2.96. The normalized spacial score (nSPS) is 22.7. The van der Waals surface area contributed by atoms with Crippen LogP contribution in [0.2, 0.25) is 18.1 Å². The summed E-state index contributed by atoms with van der Waals surface area (Å²) in [6.07, 6.45) is -0.0217. The van der Waals surface area contributed by atoms with Gasteiger partial charge in [-0.1, -0.05) is 64.7 Å². The van der Waals surface area contributed by atoms with Gasteiger partial charge in [0.2, 0.25) is 0 Å². The van der Waals surface area contributed by atoms with E-state index in [0.717, 1.165) is 5.75 Å². The van der Waals surface area contributed by atoms with Crippen molar-refractivity contribution in [1.82, 2.24) is 0 Å². The molecule has 0 aromatic heterocycles. The maximum absolute atomic E-state index is 10.7. The molecule has 0 unspecified atom stereocenters. The van der Waals surface area contributed by atoms with Crippen LogP contribution in [0.5, 0.6) is 0 Å². The van der Waals surface area contributed by atoms with Crippen LogP contribution in [0.3, 0.4) is 0 Å². The van der Waals surface area contributed by atoms with Crippen molar-refractivity contribution in [1.29, 1.82) is 0 Å². The molecule has 0 radical (unpaired) electrons. The van der Waals surface area contributed by atoms with Crippen molar-refractivity contribution in [2.45, 2.75) is 121 Å². The lowest BCUT2D eigenvalue weighted by molar-refractivity contribution is -0.147. The maximum atomic E-state index is 10.7. The zero-order valence-electron chi connectivity index (χ0n) is 22.9. The van der Waals surface area contributed by atoms with E-state index in [1.165, 1.54) is 4.90 Å². The molecule has 1 heterocycles. The van der Waals surface area contributed by atoms with Gasteiger partial charge in [-0.3, -0.25) is 0 Å². The Labute approximate surface area is 213 Å². The highest BCUT2D eigenvalue weighted by atomic mass is 32.2. The van der Waals surface area contributed by atoms with Crippen molar-refractivity contribution in [2.75, 3.05) is 5.75 Å². The van der Waals surface area contributed by atoms with Crippen molar-refractivity contribution < 1.29 is 19.0 Å². The Morgan fingerprint density at radius 3 is 2.26 bits per heavy atom. The third-order valence-electron chi connectivity index (χ3n) is 6.79. The van der Waals surface area contributed by atoms with Crippen LogP contribution in [-0.4, -0.2) is 49.4 Å². The van der Waals surface area contributed by atoms with E-state index in [1.54, 1.807) is 0 Å². The number of hydrogen-bond donors (Lipinski definition) is 1. The Morgan fingerprint density at radius 2 is 1.74 bits per heavy atom. The van der Waals surface area contributed by atoms with Crippen molar-refractivity contribution in [3.8, 4) is 11.8 Å².